The minimum atomic E-state index is 0.625. The summed E-state index contributed by atoms with van der Waals surface area (Å²) in [7, 11) is 0. The third-order valence-corrected chi connectivity index (χ3v) is 2.50. The van der Waals surface area contributed by atoms with Crippen molar-refractivity contribution in [3.63, 3.8) is 0 Å². The van der Waals surface area contributed by atoms with E-state index in [1.54, 1.807) is 17.5 Å². The van der Waals surface area contributed by atoms with Crippen molar-refractivity contribution in [3.05, 3.63) is 23.7 Å². The number of hydrogen-bond acceptors (Lipinski definition) is 5. The standard InChI is InChI=1S/C8H9N3OS/c9-2-1-6-4-13-8(11-6)7-3-10-5-12-7/h3-5H,1-2,9H2. The fourth-order valence-corrected chi connectivity index (χ4v) is 1.81. The van der Waals surface area contributed by atoms with Gasteiger partial charge in [0, 0.05) is 11.8 Å². The predicted molar refractivity (Wildman–Crippen MR) is 50.4 cm³/mol. The second kappa shape index (κ2) is 3.68. The van der Waals surface area contributed by atoms with Crippen molar-refractivity contribution in [1.29, 1.82) is 0 Å². The highest BCUT2D eigenvalue weighted by atomic mass is 32.1. The van der Waals surface area contributed by atoms with Crippen LogP contribution in [0.1, 0.15) is 5.69 Å². The maximum atomic E-state index is 5.42. The third-order valence-electron chi connectivity index (χ3n) is 1.60. The molecule has 13 heavy (non-hydrogen) atoms. The lowest BCUT2D eigenvalue weighted by molar-refractivity contribution is 0.571. The molecule has 0 spiro atoms. The molecule has 2 heterocycles. The summed E-state index contributed by atoms with van der Waals surface area (Å²) in [6, 6.07) is 0. The topological polar surface area (TPSA) is 64.9 Å². The lowest BCUT2D eigenvalue weighted by Crippen LogP contribution is -2.02. The summed E-state index contributed by atoms with van der Waals surface area (Å²) in [5.41, 5.74) is 6.43. The number of rotatable bonds is 3. The molecule has 68 valence electrons. The molecule has 0 aliphatic heterocycles. The Balaban J connectivity index is 2.23. The van der Waals surface area contributed by atoms with Crippen LogP contribution in [0.25, 0.3) is 10.8 Å². The molecule has 0 fully saturated rings. The number of thiazole rings is 1. The van der Waals surface area contributed by atoms with Crippen molar-refractivity contribution in [2.75, 3.05) is 6.54 Å². The van der Waals surface area contributed by atoms with Gasteiger partial charge < -0.3 is 10.2 Å². The molecule has 4 nitrogen and oxygen atoms in total. The van der Waals surface area contributed by atoms with Crippen molar-refractivity contribution in [2.45, 2.75) is 6.42 Å². The Hall–Kier alpha value is -1.20. The number of aromatic nitrogens is 2. The van der Waals surface area contributed by atoms with E-state index in [0.29, 0.717) is 12.3 Å². The molecule has 2 aromatic heterocycles. The van der Waals surface area contributed by atoms with Crippen LogP contribution in [0.15, 0.2) is 22.4 Å². The summed E-state index contributed by atoms with van der Waals surface area (Å²) >= 11 is 1.55. The van der Waals surface area contributed by atoms with Crippen LogP contribution < -0.4 is 5.73 Å². The Bertz CT molecular complexity index is 368. The average molecular weight is 195 g/mol. The van der Waals surface area contributed by atoms with Crippen molar-refractivity contribution >= 4 is 11.3 Å². The van der Waals surface area contributed by atoms with Gasteiger partial charge in [0.25, 0.3) is 0 Å². The van der Waals surface area contributed by atoms with Crippen LogP contribution in [0.4, 0.5) is 0 Å². The second-order valence-corrected chi connectivity index (χ2v) is 3.41. The molecule has 0 saturated heterocycles. The Morgan fingerprint density at radius 1 is 1.54 bits per heavy atom. The first-order chi connectivity index (χ1) is 6.40. The monoisotopic (exact) mass is 195 g/mol. The van der Waals surface area contributed by atoms with Crippen LogP contribution in [-0.4, -0.2) is 16.5 Å². The molecule has 0 unspecified atom stereocenters. The Labute approximate surface area is 79.4 Å². The highest BCUT2D eigenvalue weighted by Crippen LogP contribution is 2.22. The summed E-state index contributed by atoms with van der Waals surface area (Å²) in [4.78, 5) is 8.18. The highest BCUT2D eigenvalue weighted by molar-refractivity contribution is 7.13. The van der Waals surface area contributed by atoms with E-state index in [0.717, 1.165) is 17.1 Å². The number of hydrogen-bond donors (Lipinski definition) is 1. The van der Waals surface area contributed by atoms with E-state index in [9.17, 15) is 0 Å². The Morgan fingerprint density at radius 3 is 3.15 bits per heavy atom. The van der Waals surface area contributed by atoms with Gasteiger partial charge in [-0.1, -0.05) is 0 Å². The van der Waals surface area contributed by atoms with Gasteiger partial charge in [-0.05, 0) is 6.54 Å². The Morgan fingerprint density at radius 2 is 2.46 bits per heavy atom. The molecule has 2 rings (SSSR count). The largest absolute Gasteiger partial charge is 0.441 e. The van der Waals surface area contributed by atoms with Crippen LogP contribution >= 0.6 is 11.3 Å². The molecule has 0 bridgehead atoms. The molecule has 2 N–H and O–H groups in total. The summed E-state index contributed by atoms with van der Waals surface area (Å²) in [5, 5.41) is 2.85. The van der Waals surface area contributed by atoms with Gasteiger partial charge in [-0.25, -0.2) is 9.97 Å². The highest BCUT2D eigenvalue weighted by Gasteiger charge is 2.06. The van der Waals surface area contributed by atoms with E-state index in [1.807, 2.05) is 5.38 Å². The first kappa shape index (κ1) is 8.40. The van der Waals surface area contributed by atoms with Crippen LogP contribution in [0, 0.1) is 0 Å². The fraction of sp³-hybridized carbons (Fsp3) is 0.250. The summed E-state index contributed by atoms with van der Waals surface area (Å²) in [6.45, 7) is 0.625. The van der Waals surface area contributed by atoms with Crippen LogP contribution in [0.3, 0.4) is 0 Å². The van der Waals surface area contributed by atoms with Gasteiger partial charge in [-0.3, -0.25) is 0 Å². The summed E-state index contributed by atoms with van der Waals surface area (Å²) < 4.78 is 5.12. The number of oxazole rings is 1. The number of nitrogens with two attached hydrogens (primary N) is 1. The lowest BCUT2D eigenvalue weighted by Gasteiger charge is -1.88. The molecule has 0 saturated carbocycles. The molecule has 5 heteroatoms. The first-order valence-electron chi connectivity index (χ1n) is 3.93. The van der Waals surface area contributed by atoms with Gasteiger partial charge >= 0.3 is 0 Å². The van der Waals surface area contributed by atoms with Gasteiger partial charge in [0.2, 0.25) is 0 Å². The molecule has 0 aliphatic carbocycles. The first-order valence-corrected chi connectivity index (χ1v) is 4.81. The zero-order chi connectivity index (χ0) is 9.10. The van der Waals surface area contributed by atoms with Gasteiger partial charge in [-0.2, -0.15) is 0 Å². The quantitative estimate of drug-likeness (QED) is 0.801. The zero-order valence-corrected chi connectivity index (χ0v) is 7.75. The molecule has 0 amide bonds. The molecular weight excluding hydrogens is 186 g/mol. The van der Waals surface area contributed by atoms with Crippen molar-refractivity contribution in [1.82, 2.24) is 9.97 Å². The maximum Gasteiger partial charge on any atom is 0.182 e. The van der Waals surface area contributed by atoms with Crippen molar-refractivity contribution < 1.29 is 4.42 Å². The molecule has 0 aliphatic rings. The van der Waals surface area contributed by atoms with Crippen molar-refractivity contribution in [2.24, 2.45) is 5.73 Å². The molecule has 0 radical (unpaired) electrons. The van der Waals surface area contributed by atoms with E-state index < -0.39 is 0 Å². The molecule has 0 aromatic carbocycles. The van der Waals surface area contributed by atoms with Crippen LogP contribution in [0.5, 0.6) is 0 Å². The number of nitrogens with zero attached hydrogens (tertiary/aromatic N) is 2. The summed E-state index contributed by atoms with van der Waals surface area (Å²) in [5.74, 6) is 0.716. The fourth-order valence-electron chi connectivity index (χ4n) is 1.00. The van der Waals surface area contributed by atoms with Crippen LogP contribution in [0.2, 0.25) is 0 Å². The normalized spacial score (nSPS) is 10.5. The smallest absolute Gasteiger partial charge is 0.182 e. The van der Waals surface area contributed by atoms with E-state index in [-0.39, 0.29) is 0 Å². The van der Waals surface area contributed by atoms with Crippen molar-refractivity contribution in [3.8, 4) is 10.8 Å². The minimum absolute atomic E-state index is 0.625. The van der Waals surface area contributed by atoms with Gasteiger partial charge in [0.05, 0.1) is 11.9 Å². The van der Waals surface area contributed by atoms with E-state index in [4.69, 9.17) is 10.2 Å². The maximum absolute atomic E-state index is 5.42. The zero-order valence-electron chi connectivity index (χ0n) is 6.93. The minimum Gasteiger partial charge on any atom is -0.441 e. The Kier molecular flexibility index (Phi) is 2.37. The summed E-state index contributed by atoms with van der Waals surface area (Å²) in [6.07, 6.45) is 3.87. The second-order valence-electron chi connectivity index (χ2n) is 2.55. The van der Waals surface area contributed by atoms with E-state index in [1.165, 1.54) is 6.39 Å². The SMILES string of the molecule is NCCc1csc(-c2cnco2)n1. The van der Waals surface area contributed by atoms with Gasteiger partial charge in [0.15, 0.2) is 17.2 Å². The van der Waals surface area contributed by atoms with E-state index in [2.05, 4.69) is 9.97 Å². The molecular formula is C8H9N3OS. The lowest BCUT2D eigenvalue weighted by atomic mass is 10.3. The van der Waals surface area contributed by atoms with Gasteiger partial charge in [-0.15, -0.1) is 11.3 Å². The predicted octanol–water partition coefficient (Wildman–Crippen LogP) is 1.30. The molecule has 0 atom stereocenters. The van der Waals surface area contributed by atoms with E-state index >= 15 is 0 Å². The van der Waals surface area contributed by atoms with Crippen LogP contribution in [-0.2, 0) is 6.42 Å². The average Bonchev–Trinajstić information content (AvgIpc) is 2.70. The molecule has 2 aromatic rings. The third kappa shape index (κ3) is 1.76. The van der Waals surface area contributed by atoms with Gasteiger partial charge in [0.1, 0.15) is 0 Å².